The van der Waals surface area contributed by atoms with Gasteiger partial charge in [-0.2, -0.15) is 4.31 Å². The summed E-state index contributed by atoms with van der Waals surface area (Å²) in [6.07, 6.45) is 7.39. The van der Waals surface area contributed by atoms with Crippen LogP contribution in [0.1, 0.15) is 31.2 Å². The topological polar surface area (TPSA) is 72.0 Å². The summed E-state index contributed by atoms with van der Waals surface area (Å²) < 4.78 is 40.2. The van der Waals surface area contributed by atoms with Crippen molar-refractivity contribution in [2.75, 3.05) is 26.2 Å². The molecule has 1 aromatic heterocycles. The molecule has 3 aromatic rings. The van der Waals surface area contributed by atoms with E-state index in [1.807, 2.05) is 43.3 Å². The maximum Gasteiger partial charge on any atom is 0.243 e. The highest BCUT2D eigenvalue weighted by molar-refractivity contribution is 7.89. The lowest BCUT2D eigenvalue weighted by Crippen LogP contribution is -2.50. The predicted octanol–water partition coefficient (Wildman–Crippen LogP) is 4.88. The molecule has 0 unspecified atom stereocenters. The number of likely N-dealkylation sites (tertiary alicyclic amines) is 1. The molecule has 2 saturated heterocycles. The van der Waals surface area contributed by atoms with E-state index in [2.05, 4.69) is 9.88 Å². The largest absolute Gasteiger partial charge is 0.490 e. The summed E-state index contributed by atoms with van der Waals surface area (Å²) in [7, 11) is -3.52. The molecule has 2 aliphatic heterocycles. The molecule has 190 valence electrons. The van der Waals surface area contributed by atoms with Crippen LogP contribution in [0.3, 0.4) is 0 Å². The van der Waals surface area contributed by atoms with Crippen LogP contribution in [0, 0.1) is 6.92 Å². The summed E-state index contributed by atoms with van der Waals surface area (Å²) in [5.41, 5.74) is 1.03. The molecule has 8 heteroatoms. The van der Waals surface area contributed by atoms with Crippen LogP contribution >= 0.6 is 0 Å². The smallest absolute Gasteiger partial charge is 0.243 e. The molecule has 0 N–H and O–H groups in total. The van der Waals surface area contributed by atoms with Crippen LogP contribution in [0.2, 0.25) is 0 Å². The summed E-state index contributed by atoms with van der Waals surface area (Å²) >= 11 is 0. The Morgan fingerprint density at radius 2 is 1.47 bits per heavy atom. The van der Waals surface area contributed by atoms with Crippen molar-refractivity contribution in [2.45, 2.75) is 49.6 Å². The van der Waals surface area contributed by atoms with Gasteiger partial charge in [-0.1, -0.05) is 18.2 Å². The van der Waals surface area contributed by atoms with E-state index in [1.54, 1.807) is 41.0 Å². The first-order valence-corrected chi connectivity index (χ1v) is 14.1. The number of sulfonamides is 1. The van der Waals surface area contributed by atoms with E-state index in [9.17, 15) is 8.42 Å². The van der Waals surface area contributed by atoms with Crippen LogP contribution in [-0.4, -0.2) is 60.9 Å². The van der Waals surface area contributed by atoms with Gasteiger partial charge in [0.25, 0.3) is 0 Å². The number of pyridine rings is 1. The highest BCUT2D eigenvalue weighted by Gasteiger charge is 2.33. The molecule has 0 saturated carbocycles. The van der Waals surface area contributed by atoms with E-state index in [0.717, 1.165) is 55.8 Å². The summed E-state index contributed by atoms with van der Waals surface area (Å²) in [5, 5.41) is 0. The Balaban J connectivity index is 1.12. The van der Waals surface area contributed by atoms with Crippen LogP contribution in [0.25, 0.3) is 0 Å². The van der Waals surface area contributed by atoms with Crippen molar-refractivity contribution in [3.05, 3.63) is 78.6 Å². The fourth-order valence-corrected chi connectivity index (χ4v) is 6.51. The molecule has 2 aromatic carbocycles. The van der Waals surface area contributed by atoms with Crippen LogP contribution < -0.4 is 9.47 Å². The van der Waals surface area contributed by atoms with Gasteiger partial charge in [0.05, 0.1) is 4.90 Å². The first kappa shape index (κ1) is 24.7. The zero-order chi connectivity index (χ0) is 25.0. The van der Waals surface area contributed by atoms with E-state index in [-0.39, 0.29) is 6.10 Å². The average Bonchev–Trinajstić information content (AvgIpc) is 2.91. The SMILES string of the molecule is Cc1ccccc1Oc1ccc(S(=O)(=O)N2CCC(N3CCC(Oc4ccncc4)CC3)CC2)cc1. The number of ether oxygens (including phenoxy) is 2. The maximum atomic E-state index is 13.3. The van der Waals surface area contributed by atoms with Crippen LogP contribution in [0.4, 0.5) is 0 Å². The Morgan fingerprint density at radius 1 is 0.806 bits per heavy atom. The average molecular weight is 508 g/mol. The van der Waals surface area contributed by atoms with Gasteiger partial charge in [-0.15, -0.1) is 0 Å². The van der Waals surface area contributed by atoms with Crippen LogP contribution in [0.5, 0.6) is 17.2 Å². The fraction of sp³-hybridized carbons (Fsp3) is 0.393. The van der Waals surface area contributed by atoms with Gasteiger partial charge in [-0.3, -0.25) is 4.98 Å². The minimum atomic E-state index is -3.52. The highest BCUT2D eigenvalue weighted by atomic mass is 32.2. The predicted molar refractivity (Wildman–Crippen MR) is 139 cm³/mol. The monoisotopic (exact) mass is 507 g/mol. The van der Waals surface area contributed by atoms with E-state index in [0.29, 0.717) is 29.8 Å². The lowest BCUT2D eigenvalue weighted by molar-refractivity contribution is 0.0585. The van der Waals surface area contributed by atoms with Gasteiger partial charge in [0.2, 0.25) is 10.0 Å². The summed E-state index contributed by atoms with van der Waals surface area (Å²) in [6.45, 7) is 5.03. The number of aromatic nitrogens is 1. The lowest BCUT2D eigenvalue weighted by atomic mass is 10.00. The standard InChI is InChI=1S/C28H33N3O4S/c1-22-4-2-3-5-28(22)35-24-6-8-27(9-7-24)36(32,33)31-20-12-23(13-21-31)30-18-14-26(15-19-30)34-25-10-16-29-17-11-25/h2-11,16-17,23,26H,12-15,18-21H2,1H3. The van der Waals surface area contributed by atoms with Crippen LogP contribution in [0.15, 0.2) is 78.0 Å². The van der Waals surface area contributed by atoms with Gasteiger partial charge >= 0.3 is 0 Å². The van der Waals surface area contributed by atoms with Crippen molar-refractivity contribution in [2.24, 2.45) is 0 Å². The molecule has 0 spiro atoms. The number of nitrogens with zero attached hydrogens (tertiary/aromatic N) is 3. The van der Waals surface area contributed by atoms with Crippen molar-refractivity contribution < 1.29 is 17.9 Å². The summed E-state index contributed by atoms with van der Waals surface area (Å²) in [4.78, 5) is 6.86. The molecule has 0 aliphatic carbocycles. The van der Waals surface area contributed by atoms with Gasteiger partial charge < -0.3 is 14.4 Å². The second-order valence-corrected chi connectivity index (χ2v) is 11.4. The van der Waals surface area contributed by atoms with Crippen molar-refractivity contribution in [1.29, 1.82) is 0 Å². The molecule has 3 heterocycles. The van der Waals surface area contributed by atoms with Crippen molar-refractivity contribution in [1.82, 2.24) is 14.2 Å². The van der Waals surface area contributed by atoms with Gasteiger partial charge in [0.1, 0.15) is 23.4 Å². The number of para-hydroxylation sites is 1. The number of benzene rings is 2. The van der Waals surface area contributed by atoms with E-state index in [4.69, 9.17) is 9.47 Å². The number of rotatable bonds is 7. The normalized spacial score (nSPS) is 18.7. The van der Waals surface area contributed by atoms with E-state index in [1.165, 1.54) is 0 Å². The minimum Gasteiger partial charge on any atom is -0.490 e. The van der Waals surface area contributed by atoms with Crippen molar-refractivity contribution in [3.8, 4) is 17.2 Å². The van der Waals surface area contributed by atoms with Crippen molar-refractivity contribution >= 4 is 10.0 Å². The molecule has 7 nitrogen and oxygen atoms in total. The molecule has 36 heavy (non-hydrogen) atoms. The quantitative estimate of drug-likeness (QED) is 0.454. The third-order valence-electron chi connectivity index (χ3n) is 7.15. The zero-order valence-electron chi connectivity index (χ0n) is 20.6. The van der Waals surface area contributed by atoms with Crippen LogP contribution in [-0.2, 0) is 10.0 Å². The van der Waals surface area contributed by atoms with E-state index >= 15 is 0 Å². The molecule has 0 atom stereocenters. The summed E-state index contributed by atoms with van der Waals surface area (Å²) in [6, 6.07) is 18.7. The lowest BCUT2D eigenvalue weighted by Gasteiger charge is -2.41. The van der Waals surface area contributed by atoms with Gasteiger partial charge in [-0.25, -0.2) is 8.42 Å². The second-order valence-electron chi connectivity index (χ2n) is 9.51. The summed E-state index contributed by atoms with van der Waals surface area (Å²) in [5.74, 6) is 2.26. The van der Waals surface area contributed by atoms with Crippen molar-refractivity contribution in [3.63, 3.8) is 0 Å². The van der Waals surface area contributed by atoms with E-state index < -0.39 is 10.0 Å². The molecule has 5 rings (SSSR count). The Hall–Kier alpha value is -2.94. The number of hydrogen-bond donors (Lipinski definition) is 0. The molecule has 0 bridgehead atoms. The first-order chi connectivity index (χ1) is 17.5. The molecule has 0 amide bonds. The van der Waals surface area contributed by atoms with Gasteiger partial charge in [0, 0.05) is 44.6 Å². The molecular formula is C28H33N3O4S. The second kappa shape index (κ2) is 11.0. The zero-order valence-corrected chi connectivity index (χ0v) is 21.4. The number of aryl methyl sites for hydroxylation is 1. The fourth-order valence-electron chi connectivity index (χ4n) is 5.04. The van der Waals surface area contributed by atoms with Gasteiger partial charge in [0.15, 0.2) is 0 Å². The Bertz CT molecular complexity index is 1240. The Kier molecular flexibility index (Phi) is 7.55. The Labute approximate surface area is 213 Å². The third kappa shape index (κ3) is 5.72. The maximum absolute atomic E-state index is 13.3. The van der Waals surface area contributed by atoms with Gasteiger partial charge in [-0.05, 0) is 80.6 Å². The molecule has 2 fully saturated rings. The first-order valence-electron chi connectivity index (χ1n) is 12.6. The third-order valence-corrected chi connectivity index (χ3v) is 9.06. The molecule has 0 radical (unpaired) electrons. The molecule has 2 aliphatic rings. The molecular weight excluding hydrogens is 474 g/mol. The minimum absolute atomic E-state index is 0.224. The number of hydrogen-bond acceptors (Lipinski definition) is 6. The Morgan fingerprint density at radius 3 is 2.14 bits per heavy atom. The number of piperidine rings is 2. The highest BCUT2D eigenvalue weighted by Crippen LogP contribution is 2.29.